The maximum Gasteiger partial charge on any atom is 0.236 e. The van der Waals surface area contributed by atoms with E-state index in [2.05, 4.69) is 33.7 Å². The Hall–Kier alpha value is -1.40. The zero-order chi connectivity index (χ0) is 14.7. The molecule has 0 bridgehead atoms. The number of fused-ring (bicyclic) bond motifs is 1. The lowest BCUT2D eigenvalue weighted by Crippen LogP contribution is -2.13. The molecule has 1 heterocycles. The van der Waals surface area contributed by atoms with Crippen LogP contribution in [0.2, 0.25) is 0 Å². The van der Waals surface area contributed by atoms with Crippen molar-refractivity contribution < 1.29 is 4.79 Å². The fourth-order valence-electron chi connectivity index (χ4n) is 2.39. The molecule has 1 aromatic carbocycles. The Morgan fingerprint density at radius 3 is 3.00 bits per heavy atom. The summed E-state index contributed by atoms with van der Waals surface area (Å²) in [5.74, 6) is 0.374. The van der Waals surface area contributed by atoms with E-state index < -0.39 is 0 Å². The van der Waals surface area contributed by atoms with Gasteiger partial charge in [0.25, 0.3) is 0 Å². The minimum Gasteiger partial charge on any atom is -0.300 e. The number of aromatic nitrogens is 2. The molecule has 0 aliphatic heterocycles. The second-order valence-electron chi connectivity index (χ2n) is 4.98. The number of thioether (sulfide) groups is 1. The van der Waals surface area contributed by atoms with Crippen molar-refractivity contribution in [3.8, 4) is 0 Å². The Balaban J connectivity index is 1.53. The van der Waals surface area contributed by atoms with Crippen LogP contribution in [0, 0.1) is 0 Å². The van der Waals surface area contributed by atoms with Gasteiger partial charge in [0.1, 0.15) is 5.01 Å². The third kappa shape index (κ3) is 3.63. The fraction of sp³-hybridized carbons (Fsp3) is 0.400. The van der Waals surface area contributed by atoms with Crippen molar-refractivity contribution in [1.29, 1.82) is 0 Å². The minimum absolute atomic E-state index is 0.0284. The number of rotatable bonds is 5. The van der Waals surface area contributed by atoms with E-state index in [-0.39, 0.29) is 5.91 Å². The van der Waals surface area contributed by atoms with Crippen molar-refractivity contribution in [2.75, 3.05) is 11.1 Å². The first-order chi connectivity index (χ1) is 10.2. The van der Waals surface area contributed by atoms with Gasteiger partial charge in [-0.15, -0.1) is 22.0 Å². The summed E-state index contributed by atoms with van der Waals surface area (Å²) in [6, 6.07) is 6.53. The molecule has 0 atom stereocenters. The highest BCUT2D eigenvalue weighted by molar-refractivity contribution is 8.00. The van der Waals surface area contributed by atoms with Gasteiger partial charge in [0.15, 0.2) is 0 Å². The van der Waals surface area contributed by atoms with Crippen LogP contribution in [0.5, 0.6) is 0 Å². The lowest BCUT2D eigenvalue weighted by molar-refractivity contribution is -0.113. The molecule has 110 valence electrons. The van der Waals surface area contributed by atoms with E-state index >= 15 is 0 Å². The molecule has 4 nitrogen and oxygen atoms in total. The van der Waals surface area contributed by atoms with Crippen LogP contribution in [0.25, 0.3) is 0 Å². The normalized spacial score (nSPS) is 13.2. The standard InChI is InChI=1S/C15H17N3OS2/c1-2-14-17-18-15(21-14)16-13(19)9-20-12-7-6-10-4-3-5-11(10)8-12/h6-8H,2-5,9H2,1H3,(H,16,18,19). The van der Waals surface area contributed by atoms with Crippen LogP contribution < -0.4 is 5.32 Å². The second kappa shape index (κ2) is 6.58. The third-order valence-electron chi connectivity index (χ3n) is 3.46. The molecule has 1 aliphatic carbocycles. The second-order valence-corrected chi connectivity index (χ2v) is 7.09. The largest absolute Gasteiger partial charge is 0.300 e. The van der Waals surface area contributed by atoms with Crippen LogP contribution in [0.3, 0.4) is 0 Å². The number of anilines is 1. The molecule has 0 saturated heterocycles. The summed E-state index contributed by atoms with van der Waals surface area (Å²) < 4.78 is 0. The average Bonchev–Trinajstić information content (AvgIpc) is 3.13. The van der Waals surface area contributed by atoms with Crippen molar-refractivity contribution in [3.63, 3.8) is 0 Å². The van der Waals surface area contributed by atoms with Crippen LogP contribution in [-0.2, 0) is 24.1 Å². The third-order valence-corrected chi connectivity index (χ3v) is 5.43. The molecule has 0 unspecified atom stereocenters. The summed E-state index contributed by atoms with van der Waals surface area (Å²) in [5.41, 5.74) is 2.90. The molecular formula is C15H17N3OS2. The number of benzene rings is 1. The van der Waals surface area contributed by atoms with Crippen LogP contribution in [-0.4, -0.2) is 21.9 Å². The van der Waals surface area contributed by atoms with Gasteiger partial charge in [-0.3, -0.25) is 10.1 Å². The molecule has 21 heavy (non-hydrogen) atoms. The van der Waals surface area contributed by atoms with Crippen molar-refractivity contribution in [2.24, 2.45) is 0 Å². The number of carbonyl (C=O) groups excluding carboxylic acids is 1. The van der Waals surface area contributed by atoms with Gasteiger partial charge >= 0.3 is 0 Å². The Kier molecular flexibility index (Phi) is 4.55. The van der Waals surface area contributed by atoms with E-state index in [1.165, 1.54) is 41.7 Å². The molecule has 0 radical (unpaired) electrons. The van der Waals surface area contributed by atoms with Gasteiger partial charge in [-0.1, -0.05) is 24.3 Å². The number of nitrogens with one attached hydrogen (secondary N) is 1. The summed E-state index contributed by atoms with van der Waals surface area (Å²) in [6.45, 7) is 2.02. The number of hydrogen-bond acceptors (Lipinski definition) is 5. The molecule has 1 amide bonds. The highest BCUT2D eigenvalue weighted by Gasteiger charge is 2.12. The van der Waals surface area contributed by atoms with E-state index in [4.69, 9.17) is 0 Å². The number of amides is 1. The lowest BCUT2D eigenvalue weighted by atomic mass is 10.1. The van der Waals surface area contributed by atoms with Crippen LogP contribution in [0.15, 0.2) is 23.1 Å². The monoisotopic (exact) mass is 319 g/mol. The smallest absolute Gasteiger partial charge is 0.236 e. The van der Waals surface area contributed by atoms with Gasteiger partial charge in [-0.25, -0.2) is 0 Å². The molecule has 0 saturated carbocycles. The highest BCUT2D eigenvalue weighted by Crippen LogP contribution is 2.27. The molecule has 1 aliphatic rings. The van der Waals surface area contributed by atoms with Crippen molar-refractivity contribution >= 4 is 34.1 Å². The fourth-order valence-corrected chi connectivity index (χ4v) is 3.84. The molecule has 0 spiro atoms. The summed E-state index contributed by atoms with van der Waals surface area (Å²) >= 11 is 3.01. The summed E-state index contributed by atoms with van der Waals surface area (Å²) in [6.07, 6.45) is 4.45. The average molecular weight is 319 g/mol. The zero-order valence-electron chi connectivity index (χ0n) is 11.9. The number of carbonyl (C=O) groups is 1. The van der Waals surface area contributed by atoms with Crippen molar-refractivity contribution in [2.45, 2.75) is 37.5 Å². The van der Waals surface area contributed by atoms with Crippen LogP contribution in [0.1, 0.15) is 29.5 Å². The predicted octanol–water partition coefficient (Wildman–Crippen LogP) is 3.32. The van der Waals surface area contributed by atoms with E-state index in [1.807, 2.05) is 6.92 Å². The molecule has 1 aromatic heterocycles. The summed E-state index contributed by atoms with van der Waals surface area (Å²) in [5, 5.41) is 12.3. The van der Waals surface area contributed by atoms with Gasteiger partial charge in [0, 0.05) is 4.90 Å². The van der Waals surface area contributed by atoms with E-state index in [0.29, 0.717) is 10.9 Å². The topological polar surface area (TPSA) is 54.9 Å². The highest BCUT2D eigenvalue weighted by atomic mass is 32.2. The maximum absolute atomic E-state index is 11.9. The number of aryl methyl sites for hydroxylation is 3. The van der Waals surface area contributed by atoms with E-state index in [1.54, 1.807) is 11.8 Å². The Morgan fingerprint density at radius 2 is 2.19 bits per heavy atom. The molecule has 0 fully saturated rings. The van der Waals surface area contributed by atoms with Crippen LogP contribution >= 0.6 is 23.1 Å². The van der Waals surface area contributed by atoms with Crippen LogP contribution in [0.4, 0.5) is 5.13 Å². The molecule has 2 aromatic rings. The Bertz CT molecular complexity index is 654. The zero-order valence-corrected chi connectivity index (χ0v) is 13.5. The van der Waals surface area contributed by atoms with Gasteiger partial charge in [0.05, 0.1) is 5.75 Å². The lowest BCUT2D eigenvalue weighted by Gasteiger charge is -2.04. The van der Waals surface area contributed by atoms with Crippen molar-refractivity contribution in [1.82, 2.24) is 10.2 Å². The minimum atomic E-state index is -0.0284. The quantitative estimate of drug-likeness (QED) is 0.859. The molecule has 6 heteroatoms. The summed E-state index contributed by atoms with van der Waals surface area (Å²) in [7, 11) is 0. The summed E-state index contributed by atoms with van der Waals surface area (Å²) in [4.78, 5) is 13.1. The first kappa shape index (κ1) is 14.5. The molecular weight excluding hydrogens is 302 g/mol. The molecule has 1 N–H and O–H groups in total. The van der Waals surface area contributed by atoms with Gasteiger partial charge in [-0.05, 0) is 48.9 Å². The van der Waals surface area contributed by atoms with Gasteiger partial charge in [-0.2, -0.15) is 0 Å². The molecule has 3 rings (SSSR count). The Morgan fingerprint density at radius 1 is 1.33 bits per heavy atom. The maximum atomic E-state index is 11.9. The first-order valence-corrected chi connectivity index (χ1v) is 8.91. The van der Waals surface area contributed by atoms with E-state index in [0.717, 1.165) is 16.3 Å². The van der Waals surface area contributed by atoms with Gasteiger partial charge in [0.2, 0.25) is 11.0 Å². The van der Waals surface area contributed by atoms with E-state index in [9.17, 15) is 4.79 Å². The van der Waals surface area contributed by atoms with Gasteiger partial charge < -0.3 is 0 Å². The number of hydrogen-bond donors (Lipinski definition) is 1. The SMILES string of the molecule is CCc1nnc(NC(=O)CSc2ccc3c(c2)CCC3)s1. The van der Waals surface area contributed by atoms with Crippen molar-refractivity contribution in [3.05, 3.63) is 34.3 Å². The Labute approximate surface area is 132 Å². The predicted molar refractivity (Wildman–Crippen MR) is 87.1 cm³/mol. The first-order valence-electron chi connectivity index (χ1n) is 7.11. The number of nitrogens with zero attached hydrogens (tertiary/aromatic N) is 2.